The molecule has 0 aliphatic heterocycles. The highest BCUT2D eigenvalue weighted by molar-refractivity contribution is 9.10. The zero-order chi connectivity index (χ0) is 9.30. The fraction of sp³-hybridized carbons (Fsp3) is 0.167. The Balaban J connectivity index is 3.39. The maximum absolute atomic E-state index is 12.8. The first-order valence-electron chi connectivity index (χ1n) is 2.82. The molecule has 0 spiro atoms. The number of aromatic nitrogens is 1. The van der Waals surface area contributed by atoms with Crippen molar-refractivity contribution >= 4 is 15.9 Å². The maximum Gasteiger partial charge on any atom is 0.254 e. The lowest BCUT2D eigenvalue weighted by Crippen LogP contribution is -2.00. The zero-order valence-electron chi connectivity index (χ0n) is 5.87. The molecule has 0 saturated carbocycles. The Labute approximate surface area is 74.5 Å². The second-order valence-electron chi connectivity index (χ2n) is 1.85. The molecule has 0 aromatic carbocycles. The Kier molecular flexibility index (Phi) is 2.56. The van der Waals surface area contributed by atoms with Gasteiger partial charge in [0.05, 0.1) is 11.6 Å². The summed E-state index contributed by atoms with van der Waals surface area (Å²) in [6.45, 7) is 0. The van der Waals surface area contributed by atoms with Crippen LogP contribution in [0, 0.1) is 17.6 Å². The largest absolute Gasteiger partial charge is 0.479 e. The summed E-state index contributed by atoms with van der Waals surface area (Å²) < 4.78 is 41.5. The van der Waals surface area contributed by atoms with Crippen LogP contribution in [-0.4, -0.2) is 12.1 Å². The molecule has 0 aliphatic carbocycles. The minimum Gasteiger partial charge on any atom is -0.479 e. The lowest BCUT2D eigenvalue weighted by Gasteiger charge is -2.02. The number of rotatable bonds is 1. The van der Waals surface area contributed by atoms with E-state index in [0.717, 1.165) is 7.11 Å². The molecule has 1 aromatic rings. The molecule has 0 saturated heterocycles. The summed E-state index contributed by atoms with van der Waals surface area (Å²) in [5, 5.41) is 0. The molecule has 0 bridgehead atoms. The Morgan fingerprint density at radius 2 is 1.83 bits per heavy atom. The summed E-state index contributed by atoms with van der Waals surface area (Å²) >= 11 is 2.51. The Bertz CT molecular complexity index is 318. The van der Waals surface area contributed by atoms with Gasteiger partial charge in [-0.3, -0.25) is 0 Å². The molecule has 0 N–H and O–H groups in total. The predicted octanol–water partition coefficient (Wildman–Crippen LogP) is 2.27. The second kappa shape index (κ2) is 3.30. The van der Waals surface area contributed by atoms with Crippen molar-refractivity contribution in [2.75, 3.05) is 7.11 Å². The molecular weight excluding hydrogens is 239 g/mol. The van der Waals surface area contributed by atoms with Crippen LogP contribution >= 0.6 is 15.9 Å². The van der Waals surface area contributed by atoms with Gasteiger partial charge in [0.25, 0.3) is 11.8 Å². The predicted molar refractivity (Wildman–Crippen MR) is 38.4 cm³/mol. The average molecular weight is 242 g/mol. The van der Waals surface area contributed by atoms with Gasteiger partial charge in [-0.25, -0.2) is 4.39 Å². The smallest absolute Gasteiger partial charge is 0.254 e. The zero-order valence-corrected chi connectivity index (χ0v) is 7.45. The summed E-state index contributed by atoms with van der Waals surface area (Å²) in [6.07, 6.45) is 0. The number of ether oxygens (including phenoxy) is 1. The van der Waals surface area contributed by atoms with Crippen LogP contribution < -0.4 is 4.74 Å². The van der Waals surface area contributed by atoms with Gasteiger partial charge in [-0.15, -0.1) is 0 Å². The van der Waals surface area contributed by atoms with Crippen LogP contribution in [0.5, 0.6) is 5.88 Å². The fourth-order valence-corrected chi connectivity index (χ4v) is 0.937. The van der Waals surface area contributed by atoms with Crippen molar-refractivity contribution in [3.63, 3.8) is 0 Å². The first kappa shape index (κ1) is 9.31. The van der Waals surface area contributed by atoms with Crippen LogP contribution in [0.1, 0.15) is 0 Å². The van der Waals surface area contributed by atoms with E-state index < -0.39 is 27.9 Å². The number of pyridine rings is 1. The van der Waals surface area contributed by atoms with E-state index >= 15 is 0 Å². The quantitative estimate of drug-likeness (QED) is 0.704. The van der Waals surface area contributed by atoms with Crippen molar-refractivity contribution in [1.29, 1.82) is 0 Å². The minimum atomic E-state index is -1.40. The lowest BCUT2D eigenvalue weighted by atomic mass is 10.4. The standard InChI is InChI=1S/C6H3BrF3NO/c1-12-6-4(9)2(7)3(8)5(10)11-6/h1H3. The van der Waals surface area contributed by atoms with Gasteiger partial charge in [0.2, 0.25) is 5.82 Å². The highest BCUT2D eigenvalue weighted by atomic mass is 79.9. The third kappa shape index (κ3) is 1.38. The van der Waals surface area contributed by atoms with Gasteiger partial charge in [-0.05, 0) is 15.9 Å². The summed E-state index contributed by atoms with van der Waals surface area (Å²) in [4.78, 5) is 2.88. The molecule has 66 valence electrons. The molecule has 0 amide bonds. The van der Waals surface area contributed by atoms with Crippen molar-refractivity contribution in [2.45, 2.75) is 0 Å². The van der Waals surface area contributed by atoms with E-state index in [2.05, 4.69) is 25.7 Å². The fourth-order valence-electron chi connectivity index (χ4n) is 0.603. The third-order valence-corrected chi connectivity index (χ3v) is 1.84. The van der Waals surface area contributed by atoms with Crippen LogP contribution in [0.15, 0.2) is 4.47 Å². The van der Waals surface area contributed by atoms with E-state index in [9.17, 15) is 13.2 Å². The van der Waals surface area contributed by atoms with E-state index in [1.165, 1.54) is 0 Å². The van der Waals surface area contributed by atoms with E-state index in [0.29, 0.717) is 0 Å². The van der Waals surface area contributed by atoms with Crippen LogP contribution in [0.3, 0.4) is 0 Å². The van der Waals surface area contributed by atoms with Gasteiger partial charge in [0.1, 0.15) is 0 Å². The Morgan fingerprint density at radius 1 is 1.25 bits per heavy atom. The van der Waals surface area contributed by atoms with Gasteiger partial charge in [0, 0.05) is 0 Å². The van der Waals surface area contributed by atoms with Gasteiger partial charge in [0.15, 0.2) is 5.82 Å². The number of hydrogen-bond donors (Lipinski definition) is 0. The number of halogens is 4. The highest BCUT2D eigenvalue weighted by Gasteiger charge is 2.18. The molecule has 1 rings (SSSR count). The number of methoxy groups -OCH3 is 1. The summed E-state index contributed by atoms with van der Waals surface area (Å²) in [6, 6.07) is 0. The van der Waals surface area contributed by atoms with Crippen molar-refractivity contribution in [3.8, 4) is 5.88 Å². The molecule has 0 unspecified atom stereocenters. The number of hydrogen-bond acceptors (Lipinski definition) is 2. The molecule has 0 radical (unpaired) electrons. The molecule has 12 heavy (non-hydrogen) atoms. The lowest BCUT2D eigenvalue weighted by molar-refractivity contribution is 0.345. The first-order valence-corrected chi connectivity index (χ1v) is 3.61. The molecular formula is C6H3BrF3NO. The molecule has 0 aliphatic rings. The van der Waals surface area contributed by atoms with Crippen LogP contribution in [0.2, 0.25) is 0 Å². The molecule has 0 fully saturated rings. The minimum absolute atomic E-state index is 0.583. The Morgan fingerprint density at radius 3 is 2.33 bits per heavy atom. The molecule has 1 heterocycles. The maximum atomic E-state index is 12.8. The van der Waals surface area contributed by atoms with Crippen molar-refractivity contribution < 1.29 is 17.9 Å². The highest BCUT2D eigenvalue weighted by Crippen LogP contribution is 2.26. The van der Waals surface area contributed by atoms with Crippen LogP contribution in [-0.2, 0) is 0 Å². The van der Waals surface area contributed by atoms with Gasteiger partial charge < -0.3 is 4.74 Å². The molecule has 6 heteroatoms. The van der Waals surface area contributed by atoms with Crippen molar-refractivity contribution in [3.05, 3.63) is 22.1 Å². The Hall–Kier alpha value is -0.780. The first-order chi connectivity index (χ1) is 5.57. The number of nitrogens with zero attached hydrogens (tertiary/aromatic N) is 1. The van der Waals surface area contributed by atoms with Gasteiger partial charge in [-0.1, -0.05) is 0 Å². The summed E-state index contributed by atoms with van der Waals surface area (Å²) in [7, 11) is 1.11. The van der Waals surface area contributed by atoms with Crippen molar-refractivity contribution in [2.24, 2.45) is 0 Å². The summed E-state index contributed by atoms with van der Waals surface area (Å²) in [5.74, 6) is -4.41. The normalized spacial score (nSPS) is 10.1. The van der Waals surface area contributed by atoms with Crippen molar-refractivity contribution in [1.82, 2.24) is 4.98 Å². The molecule has 0 atom stereocenters. The molecule has 2 nitrogen and oxygen atoms in total. The monoisotopic (exact) mass is 241 g/mol. The van der Waals surface area contributed by atoms with E-state index in [4.69, 9.17) is 0 Å². The third-order valence-electron chi connectivity index (χ3n) is 1.15. The second-order valence-corrected chi connectivity index (χ2v) is 2.65. The van der Waals surface area contributed by atoms with Crippen LogP contribution in [0.25, 0.3) is 0 Å². The van der Waals surface area contributed by atoms with Crippen LogP contribution in [0.4, 0.5) is 13.2 Å². The van der Waals surface area contributed by atoms with E-state index in [-0.39, 0.29) is 0 Å². The topological polar surface area (TPSA) is 22.1 Å². The van der Waals surface area contributed by atoms with Gasteiger partial charge in [-0.2, -0.15) is 13.8 Å². The van der Waals surface area contributed by atoms with Gasteiger partial charge >= 0.3 is 0 Å². The summed E-state index contributed by atoms with van der Waals surface area (Å²) in [5.41, 5.74) is 0. The average Bonchev–Trinajstić information content (AvgIpc) is 2.08. The SMILES string of the molecule is COc1nc(F)c(F)c(Br)c1F. The van der Waals surface area contributed by atoms with E-state index in [1.54, 1.807) is 0 Å². The molecule has 1 aromatic heterocycles. The van der Waals surface area contributed by atoms with E-state index in [1.807, 2.05) is 0 Å².